The van der Waals surface area contributed by atoms with Crippen LogP contribution in [-0.2, 0) is 15.9 Å². The van der Waals surface area contributed by atoms with Crippen LogP contribution in [0.4, 0.5) is 0 Å². The Kier molecular flexibility index (Phi) is 4.01. The van der Waals surface area contributed by atoms with E-state index < -0.39 is 10.1 Å². The number of thioether (sulfide) groups is 1. The van der Waals surface area contributed by atoms with Gasteiger partial charge >= 0.3 is 0 Å². The van der Waals surface area contributed by atoms with E-state index in [1.54, 1.807) is 17.8 Å². The Morgan fingerprint density at radius 3 is 2.60 bits per heavy atom. The van der Waals surface area contributed by atoms with Crippen LogP contribution >= 0.6 is 11.8 Å². The van der Waals surface area contributed by atoms with E-state index in [9.17, 15) is 8.42 Å². The average Bonchev–Trinajstić information content (AvgIpc) is 2.17. The van der Waals surface area contributed by atoms with Crippen molar-refractivity contribution in [1.29, 1.82) is 0 Å². The van der Waals surface area contributed by atoms with Gasteiger partial charge in [0.05, 0.1) is 7.11 Å². The largest absolute Gasteiger partial charge is 0.495 e. The molecule has 0 aliphatic carbocycles. The fraction of sp³-hybridized carbons (Fsp3) is 0.333. The van der Waals surface area contributed by atoms with Gasteiger partial charge in [-0.1, -0.05) is 6.07 Å². The zero-order valence-corrected chi connectivity index (χ0v) is 10.1. The van der Waals surface area contributed by atoms with Crippen molar-refractivity contribution in [2.24, 2.45) is 0 Å². The molecule has 0 amide bonds. The lowest BCUT2D eigenvalue weighted by Gasteiger charge is -2.07. The highest BCUT2D eigenvalue weighted by Crippen LogP contribution is 2.25. The molecule has 6 heteroatoms. The number of hydrogen-bond donors (Lipinski definition) is 1. The summed E-state index contributed by atoms with van der Waals surface area (Å²) in [5.74, 6) is 0.842. The molecule has 0 atom stereocenters. The molecule has 0 bridgehead atoms. The summed E-state index contributed by atoms with van der Waals surface area (Å²) in [6.45, 7) is 0. The fourth-order valence-corrected chi connectivity index (χ4v) is 2.40. The Hall–Kier alpha value is -0.720. The van der Waals surface area contributed by atoms with Gasteiger partial charge in [-0.15, -0.1) is 0 Å². The summed E-state index contributed by atoms with van der Waals surface area (Å²) >= 11 is 1.57. The Balaban J connectivity index is 3.26. The monoisotopic (exact) mass is 248 g/mol. The minimum atomic E-state index is -4.22. The van der Waals surface area contributed by atoms with Crippen molar-refractivity contribution >= 4 is 21.9 Å². The molecule has 1 aromatic carbocycles. The molecule has 84 valence electrons. The molecule has 0 saturated carbocycles. The first-order valence-corrected chi connectivity index (χ1v) is 6.95. The van der Waals surface area contributed by atoms with E-state index in [1.807, 2.05) is 6.26 Å². The number of hydrogen-bond acceptors (Lipinski definition) is 4. The van der Waals surface area contributed by atoms with Crippen molar-refractivity contribution in [3.8, 4) is 5.75 Å². The maximum atomic E-state index is 11.0. The van der Waals surface area contributed by atoms with Crippen LogP contribution in [-0.4, -0.2) is 26.3 Å². The lowest BCUT2D eigenvalue weighted by molar-refractivity contribution is 0.397. The van der Waals surface area contributed by atoms with Crippen LogP contribution in [0, 0.1) is 0 Å². The van der Waals surface area contributed by atoms with E-state index in [1.165, 1.54) is 19.2 Å². The first-order chi connectivity index (χ1) is 6.99. The molecular weight excluding hydrogens is 236 g/mol. The summed E-state index contributed by atoms with van der Waals surface area (Å²) in [5, 5.41) is 0. The second-order valence-electron chi connectivity index (χ2n) is 2.89. The number of methoxy groups -OCH3 is 1. The molecule has 0 radical (unpaired) electrons. The molecule has 15 heavy (non-hydrogen) atoms. The quantitative estimate of drug-likeness (QED) is 0.823. The highest BCUT2D eigenvalue weighted by molar-refractivity contribution is 7.97. The van der Waals surface area contributed by atoms with Gasteiger partial charge in [-0.2, -0.15) is 20.2 Å². The molecule has 0 aromatic heterocycles. The van der Waals surface area contributed by atoms with Crippen LogP contribution in [0.25, 0.3) is 0 Å². The average molecular weight is 248 g/mol. The Labute approximate surface area is 93.4 Å². The lowest BCUT2D eigenvalue weighted by atomic mass is 10.2. The maximum absolute atomic E-state index is 11.0. The molecule has 1 rings (SSSR count). The minimum absolute atomic E-state index is 0.155. The van der Waals surface area contributed by atoms with E-state index >= 15 is 0 Å². The van der Waals surface area contributed by atoms with Gasteiger partial charge < -0.3 is 4.74 Å². The van der Waals surface area contributed by atoms with Gasteiger partial charge in [-0.05, 0) is 24.0 Å². The predicted molar refractivity (Wildman–Crippen MR) is 60.0 cm³/mol. The van der Waals surface area contributed by atoms with E-state index in [-0.39, 0.29) is 10.6 Å². The fourth-order valence-electron chi connectivity index (χ4n) is 1.18. The highest BCUT2D eigenvalue weighted by Gasteiger charge is 2.16. The third-order valence-electron chi connectivity index (χ3n) is 1.82. The number of rotatable bonds is 4. The zero-order valence-electron chi connectivity index (χ0n) is 8.43. The molecule has 1 N–H and O–H groups in total. The van der Waals surface area contributed by atoms with Crippen LogP contribution in [0.15, 0.2) is 23.1 Å². The molecule has 1 aromatic rings. The van der Waals surface area contributed by atoms with Gasteiger partial charge in [0.25, 0.3) is 10.1 Å². The van der Waals surface area contributed by atoms with Gasteiger partial charge in [0.2, 0.25) is 0 Å². The number of benzene rings is 1. The molecule has 0 saturated heterocycles. The van der Waals surface area contributed by atoms with Crippen LogP contribution < -0.4 is 4.74 Å². The van der Waals surface area contributed by atoms with Crippen LogP contribution in [0.2, 0.25) is 0 Å². The van der Waals surface area contributed by atoms with Crippen molar-refractivity contribution in [2.75, 3.05) is 13.4 Å². The molecule has 0 aliphatic rings. The standard InChI is InChI=1S/C9H12O4S2/c1-13-8-4-3-7(6-14-2)5-9(8)15(10,11)12/h3-5H,6H2,1-2H3,(H,10,11,12). The first kappa shape index (κ1) is 12.4. The zero-order chi connectivity index (χ0) is 11.5. The molecule has 0 unspecified atom stereocenters. The van der Waals surface area contributed by atoms with Gasteiger partial charge in [0, 0.05) is 5.75 Å². The Morgan fingerprint density at radius 1 is 1.47 bits per heavy atom. The Bertz CT molecular complexity index is 439. The third-order valence-corrected chi connectivity index (χ3v) is 3.31. The Morgan fingerprint density at radius 2 is 2.13 bits per heavy atom. The summed E-state index contributed by atoms with van der Waals surface area (Å²) in [4.78, 5) is -0.184. The van der Waals surface area contributed by atoms with E-state index in [2.05, 4.69) is 0 Å². The third kappa shape index (κ3) is 3.12. The van der Waals surface area contributed by atoms with Gasteiger partial charge in [0.15, 0.2) is 0 Å². The van der Waals surface area contributed by atoms with Gasteiger partial charge in [-0.25, -0.2) is 0 Å². The normalized spacial score (nSPS) is 11.4. The summed E-state index contributed by atoms with van der Waals surface area (Å²) in [7, 11) is -2.86. The van der Waals surface area contributed by atoms with Crippen LogP contribution in [0.1, 0.15) is 5.56 Å². The maximum Gasteiger partial charge on any atom is 0.298 e. The minimum Gasteiger partial charge on any atom is -0.495 e. The smallest absolute Gasteiger partial charge is 0.298 e. The van der Waals surface area contributed by atoms with Crippen LogP contribution in [0.3, 0.4) is 0 Å². The van der Waals surface area contributed by atoms with Crippen molar-refractivity contribution in [2.45, 2.75) is 10.6 Å². The van der Waals surface area contributed by atoms with Gasteiger partial charge in [-0.3, -0.25) is 4.55 Å². The lowest BCUT2D eigenvalue weighted by Crippen LogP contribution is -2.02. The predicted octanol–water partition coefficient (Wildman–Crippen LogP) is 1.80. The summed E-state index contributed by atoms with van der Waals surface area (Å²) < 4.78 is 35.9. The first-order valence-electron chi connectivity index (χ1n) is 4.12. The molecule has 0 fully saturated rings. The van der Waals surface area contributed by atoms with E-state index in [4.69, 9.17) is 9.29 Å². The molecule has 0 aliphatic heterocycles. The van der Waals surface area contributed by atoms with Crippen molar-refractivity contribution in [1.82, 2.24) is 0 Å². The number of ether oxygens (including phenoxy) is 1. The van der Waals surface area contributed by atoms with Gasteiger partial charge in [0.1, 0.15) is 10.6 Å². The van der Waals surface area contributed by atoms with Crippen molar-refractivity contribution in [3.63, 3.8) is 0 Å². The highest BCUT2D eigenvalue weighted by atomic mass is 32.2. The van der Waals surface area contributed by atoms with Crippen molar-refractivity contribution < 1.29 is 17.7 Å². The topological polar surface area (TPSA) is 63.6 Å². The molecular formula is C9H12O4S2. The van der Waals surface area contributed by atoms with E-state index in [0.717, 1.165) is 5.56 Å². The summed E-state index contributed by atoms with van der Waals surface area (Å²) in [6, 6.07) is 4.73. The SMILES string of the molecule is COc1ccc(CSC)cc1S(=O)(=O)O. The van der Waals surface area contributed by atoms with Crippen molar-refractivity contribution in [3.05, 3.63) is 23.8 Å². The van der Waals surface area contributed by atoms with Crippen LogP contribution in [0.5, 0.6) is 5.75 Å². The molecule has 0 spiro atoms. The van der Waals surface area contributed by atoms with E-state index in [0.29, 0.717) is 5.75 Å². The molecule has 0 heterocycles. The molecule has 4 nitrogen and oxygen atoms in total. The second-order valence-corrected chi connectivity index (χ2v) is 5.15. The summed E-state index contributed by atoms with van der Waals surface area (Å²) in [5.41, 5.74) is 0.830. The summed E-state index contributed by atoms with van der Waals surface area (Å²) in [6.07, 6.45) is 1.91. The second kappa shape index (κ2) is 4.87.